The molecule has 1 aromatic heterocycles. The minimum atomic E-state index is -2.89. The number of aryl methyl sites for hydroxylation is 1. The second-order valence-corrected chi connectivity index (χ2v) is 18.8. The molecular weight excluding hydrogens is 677 g/mol. The summed E-state index contributed by atoms with van der Waals surface area (Å²) in [5.41, 5.74) is 3.13. The second-order valence-electron chi connectivity index (χ2n) is 14.8. The summed E-state index contributed by atoms with van der Waals surface area (Å²) < 4.78 is 14.4. The third-order valence-electron chi connectivity index (χ3n) is 11.1. The largest absolute Gasteiger partial charge is 0.497 e. The first-order valence-corrected chi connectivity index (χ1v) is 21.2. The van der Waals surface area contributed by atoms with E-state index in [1.54, 1.807) is 16.7 Å². The topological polar surface area (TPSA) is 151 Å². The lowest BCUT2D eigenvalue weighted by Crippen LogP contribution is -2.46. The normalized spacial score (nSPS) is 24.7. The molecule has 6 atom stereocenters. The van der Waals surface area contributed by atoms with Crippen LogP contribution in [0.1, 0.15) is 54.5 Å². The Hall–Kier alpha value is -4.40. The highest BCUT2D eigenvalue weighted by molar-refractivity contribution is 6.71. The molecule has 3 aliphatic rings. The second kappa shape index (κ2) is 14.6. The maximum atomic E-state index is 14.9. The Morgan fingerprint density at radius 3 is 2.60 bits per heavy atom. The van der Waals surface area contributed by atoms with Crippen molar-refractivity contribution in [2.45, 2.75) is 81.6 Å². The summed E-state index contributed by atoms with van der Waals surface area (Å²) in [6.45, 7) is 7.36. The van der Waals surface area contributed by atoms with Crippen molar-refractivity contribution in [2.24, 2.45) is 5.92 Å². The van der Waals surface area contributed by atoms with Gasteiger partial charge in [-0.05, 0) is 80.4 Å². The summed E-state index contributed by atoms with van der Waals surface area (Å²) >= 11 is 0. The molecule has 1 spiro atoms. The van der Waals surface area contributed by atoms with Crippen LogP contribution in [0.3, 0.4) is 0 Å². The quantitative estimate of drug-likeness (QED) is 0.155. The van der Waals surface area contributed by atoms with Crippen molar-refractivity contribution in [3.63, 3.8) is 0 Å². The zero-order valence-corrected chi connectivity index (χ0v) is 31.2. The molecule has 2 saturated heterocycles. The van der Waals surface area contributed by atoms with Crippen LogP contribution in [0.15, 0.2) is 79.0 Å². The number of nitrogens with one attached hydrogen (secondary N) is 2. The number of methoxy groups -OCH3 is 1. The van der Waals surface area contributed by atoms with Gasteiger partial charge in [0.25, 0.3) is 5.91 Å². The van der Waals surface area contributed by atoms with E-state index in [1.165, 1.54) is 0 Å². The van der Waals surface area contributed by atoms with Gasteiger partial charge in [0.1, 0.15) is 5.75 Å². The van der Waals surface area contributed by atoms with E-state index >= 15 is 0 Å². The first kappa shape index (κ1) is 36.0. The average molecular weight is 725 g/mol. The summed E-state index contributed by atoms with van der Waals surface area (Å²) in [5, 5.41) is 25.1. The Morgan fingerprint density at radius 1 is 1.15 bits per heavy atom. The van der Waals surface area contributed by atoms with Crippen LogP contribution in [0.2, 0.25) is 18.6 Å². The molecule has 4 aromatic rings. The van der Waals surface area contributed by atoms with E-state index in [0.29, 0.717) is 36.6 Å². The molecule has 4 heterocycles. The van der Waals surface area contributed by atoms with Crippen molar-refractivity contribution in [3.8, 4) is 5.75 Å². The van der Waals surface area contributed by atoms with Crippen LogP contribution in [-0.2, 0) is 33.0 Å². The van der Waals surface area contributed by atoms with E-state index in [-0.39, 0.29) is 41.8 Å². The number of nitrogens with zero attached hydrogens (tertiary/aromatic N) is 4. The number of amides is 2. The van der Waals surface area contributed by atoms with Crippen LogP contribution in [0.4, 0.5) is 11.4 Å². The lowest BCUT2D eigenvalue weighted by Gasteiger charge is -2.32. The fraction of sp³-hybridized carbons (Fsp3) is 0.436. The van der Waals surface area contributed by atoms with Crippen LogP contribution < -0.4 is 20.3 Å². The van der Waals surface area contributed by atoms with Crippen LogP contribution in [-0.4, -0.2) is 77.4 Å². The highest BCUT2D eigenvalue weighted by Gasteiger charge is 2.66. The number of aliphatic hydroxyl groups is 1. The van der Waals surface area contributed by atoms with Gasteiger partial charge in [-0.1, -0.05) is 54.6 Å². The van der Waals surface area contributed by atoms with Gasteiger partial charge in [-0.15, -0.1) is 5.10 Å². The van der Waals surface area contributed by atoms with Gasteiger partial charge < -0.3 is 34.9 Å². The van der Waals surface area contributed by atoms with Crippen molar-refractivity contribution in [1.82, 2.24) is 20.3 Å². The molecule has 4 N–H and O–H groups in total. The summed E-state index contributed by atoms with van der Waals surface area (Å²) in [4.78, 5) is 41.0. The summed E-state index contributed by atoms with van der Waals surface area (Å²) in [7, 11) is -1.28. The molecule has 2 fully saturated rings. The number of rotatable bonds is 12. The van der Waals surface area contributed by atoms with Crippen LogP contribution in [0.25, 0.3) is 0 Å². The molecule has 12 nitrogen and oxygen atoms in total. The first-order valence-electron chi connectivity index (χ1n) is 18.1. The van der Waals surface area contributed by atoms with Gasteiger partial charge in [-0.3, -0.25) is 14.3 Å². The summed E-state index contributed by atoms with van der Waals surface area (Å²) in [6, 6.07) is 22.8. The smallest absolute Gasteiger partial charge is 0.264 e. The van der Waals surface area contributed by atoms with Crippen molar-refractivity contribution < 1.29 is 29.0 Å². The SMILES string of the molecule is COc1ccc2c(c1)[C@@]1(O[C@H](CCn3cc(C(CO)c4ccccc4)nn3)[C@@H]([Si](C)(C)O)[C@@H]1C)C(=O)N2Cc1ccc(NC(=O)[C@H]2CCCN2)cc1. The molecule has 2 amide bonds. The van der Waals surface area contributed by atoms with Gasteiger partial charge in [0, 0.05) is 35.5 Å². The van der Waals surface area contributed by atoms with E-state index in [2.05, 4.69) is 20.9 Å². The number of aromatic nitrogens is 3. The highest BCUT2D eigenvalue weighted by atomic mass is 28.4. The predicted molar refractivity (Wildman–Crippen MR) is 199 cm³/mol. The van der Waals surface area contributed by atoms with Crippen LogP contribution in [0, 0.1) is 5.92 Å². The minimum Gasteiger partial charge on any atom is -0.497 e. The van der Waals surface area contributed by atoms with Crippen LogP contribution in [0.5, 0.6) is 5.75 Å². The third kappa shape index (κ3) is 6.67. The Balaban J connectivity index is 1.14. The Morgan fingerprint density at radius 2 is 1.92 bits per heavy atom. The predicted octanol–water partition coefficient (Wildman–Crippen LogP) is 4.54. The molecule has 0 saturated carbocycles. The fourth-order valence-electron chi connectivity index (χ4n) is 8.52. The number of hydrogen-bond donors (Lipinski definition) is 4. The maximum Gasteiger partial charge on any atom is 0.264 e. The molecule has 1 unspecified atom stereocenters. The zero-order valence-electron chi connectivity index (χ0n) is 30.2. The fourth-order valence-corrected chi connectivity index (χ4v) is 11.1. The molecule has 13 heteroatoms. The third-order valence-corrected chi connectivity index (χ3v) is 13.6. The number of aliphatic hydroxyl groups excluding tert-OH is 1. The molecule has 0 bridgehead atoms. The highest BCUT2D eigenvalue weighted by Crippen LogP contribution is 2.60. The van der Waals surface area contributed by atoms with Gasteiger partial charge in [0.05, 0.1) is 49.7 Å². The molecule has 7 rings (SSSR count). The summed E-state index contributed by atoms with van der Waals surface area (Å²) in [5.74, 6) is -0.224. The molecule has 0 aliphatic carbocycles. The number of fused-ring (bicyclic) bond motifs is 2. The first-order chi connectivity index (χ1) is 25.0. The van der Waals surface area contributed by atoms with E-state index in [1.807, 2.05) is 99.0 Å². The average Bonchev–Trinajstić information content (AvgIpc) is 3.94. The molecular formula is C39H48N6O6Si. The molecule has 3 aliphatic heterocycles. The van der Waals surface area contributed by atoms with Crippen molar-refractivity contribution in [2.75, 3.05) is 30.5 Å². The van der Waals surface area contributed by atoms with Gasteiger partial charge in [0.15, 0.2) is 13.9 Å². The number of hydrogen-bond acceptors (Lipinski definition) is 9. The number of carbonyl (C=O) groups is 2. The zero-order chi connectivity index (χ0) is 36.6. The number of benzene rings is 3. The number of carbonyl (C=O) groups excluding carboxylic acids is 2. The Labute approximate surface area is 305 Å². The molecule has 274 valence electrons. The number of ether oxygens (including phenoxy) is 2. The monoisotopic (exact) mass is 724 g/mol. The Bertz CT molecular complexity index is 1890. The minimum absolute atomic E-state index is 0.0394. The van der Waals surface area contributed by atoms with Crippen LogP contribution >= 0.6 is 0 Å². The van der Waals surface area contributed by atoms with E-state index in [4.69, 9.17) is 9.47 Å². The lowest BCUT2D eigenvalue weighted by molar-refractivity contribution is -0.146. The summed E-state index contributed by atoms with van der Waals surface area (Å²) in [6.07, 6.45) is 3.73. The maximum absolute atomic E-state index is 14.9. The van der Waals surface area contributed by atoms with Gasteiger partial charge in [-0.2, -0.15) is 0 Å². The van der Waals surface area contributed by atoms with Crippen molar-refractivity contribution in [3.05, 3.63) is 101 Å². The lowest BCUT2D eigenvalue weighted by atomic mass is 9.82. The molecule has 3 aromatic carbocycles. The molecule has 0 radical (unpaired) electrons. The van der Waals surface area contributed by atoms with E-state index < -0.39 is 20.0 Å². The van der Waals surface area contributed by atoms with Gasteiger partial charge in [-0.25, -0.2) is 0 Å². The van der Waals surface area contributed by atoms with E-state index in [0.717, 1.165) is 41.8 Å². The van der Waals surface area contributed by atoms with Gasteiger partial charge >= 0.3 is 0 Å². The van der Waals surface area contributed by atoms with Gasteiger partial charge in [0.2, 0.25) is 5.91 Å². The standard InChI is InChI=1S/C39H48N6O6Si/c1-25-36(52(3,4)49)35(18-20-44-23-33(42-43-44)30(24-46)27-9-6-5-7-10-27)51-39(25)31-21-29(50-2)16-17-34(31)45(38(39)48)22-26-12-14-28(15-13-26)41-37(47)32-11-8-19-40-32/h5-7,9-10,12-17,21,23,25,30,32,35-36,40,46,49H,8,11,18-20,22,24H2,1-4H3,(H,41,47)/t25-,30?,32+,35+,36-,39+/m0/s1. The number of anilines is 2. The van der Waals surface area contributed by atoms with Crippen molar-refractivity contribution >= 4 is 31.5 Å². The molecule has 52 heavy (non-hydrogen) atoms. The van der Waals surface area contributed by atoms with E-state index in [9.17, 15) is 19.5 Å². The Kier molecular flexibility index (Phi) is 10.1. The van der Waals surface area contributed by atoms with Crippen molar-refractivity contribution in [1.29, 1.82) is 0 Å².